The smallest absolute Gasteiger partial charge is 0.0708 e. The monoisotopic (exact) mass is 146 g/mol. The molecule has 0 nitrogen and oxygen atoms in total. The molecule has 0 aliphatic rings. The van der Waals surface area contributed by atoms with Crippen molar-refractivity contribution in [3.8, 4) is 0 Å². The van der Waals surface area contributed by atoms with Gasteiger partial charge in [0.05, 0.1) is 7.85 Å². The van der Waals surface area contributed by atoms with E-state index >= 15 is 0 Å². The standard InChI is InChI=1S/C10H15B/c1-2-3-4-5-6-7-8-9-10-11/h2-3,5-6,8-9H,4,7,10H2,1H3/b3-2-,6-5-,9-8-. The number of hydrogen-bond donors (Lipinski definition) is 0. The molecule has 0 spiro atoms. The Morgan fingerprint density at radius 3 is 2.00 bits per heavy atom. The fraction of sp³-hybridized carbons (Fsp3) is 0.400. The van der Waals surface area contributed by atoms with Crippen LogP contribution in [0.4, 0.5) is 0 Å². The third-order valence-corrected chi connectivity index (χ3v) is 1.25. The van der Waals surface area contributed by atoms with Crippen molar-refractivity contribution in [3.63, 3.8) is 0 Å². The second-order valence-corrected chi connectivity index (χ2v) is 2.22. The lowest BCUT2D eigenvalue weighted by molar-refractivity contribution is 1.30. The molecule has 0 unspecified atom stereocenters. The van der Waals surface area contributed by atoms with Crippen LogP contribution in [-0.2, 0) is 0 Å². The lowest BCUT2D eigenvalue weighted by Crippen LogP contribution is -1.61. The summed E-state index contributed by atoms with van der Waals surface area (Å²) in [5.41, 5.74) is 0. The maximum absolute atomic E-state index is 5.27. The molecular formula is C10H15B. The van der Waals surface area contributed by atoms with Crippen LogP contribution in [0.15, 0.2) is 36.5 Å². The van der Waals surface area contributed by atoms with Crippen LogP contribution in [0.3, 0.4) is 0 Å². The Kier molecular flexibility index (Phi) is 8.68. The van der Waals surface area contributed by atoms with E-state index in [1.165, 1.54) is 0 Å². The summed E-state index contributed by atoms with van der Waals surface area (Å²) in [4.78, 5) is 0. The van der Waals surface area contributed by atoms with Gasteiger partial charge in [-0.15, -0.1) is 0 Å². The molecule has 0 aromatic rings. The van der Waals surface area contributed by atoms with Gasteiger partial charge in [0.15, 0.2) is 0 Å². The summed E-state index contributed by atoms with van der Waals surface area (Å²) in [6.45, 7) is 2.03. The van der Waals surface area contributed by atoms with Crippen molar-refractivity contribution in [3.05, 3.63) is 36.5 Å². The maximum Gasteiger partial charge on any atom is 0.0708 e. The van der Waals surface area contributed by atoms with Gasteiger partial charge >= 0.3 is 0 Å². The normalized spacial score (nSPS) is 12.5. The summed E-state index contributed by atoms with van der Waals surface area (Å²) >= 11 is 0. The van der Waals surface area contributed by atoms with E-state index in [0.29, 0.717) is 6.32 Å². The highest BCUT2D eigenvalue weighted by Crippen LogP contribution is 1.91. The Morgan fingerprint density at radius 2 is 1.45 bits per heavy atom. The molecule has 0 aliphatic carbocycles. The molecule has 0 rings (SSSR count). The van der Waals surface area contributed by atoms with Crippen LogP contribution in [0.2, 0.25) is 6.32 Å². The van der Waals surface area contributed by atoms with Crippen molar-refractivity contribution >= 4 is 7.85 Å². The van der Waals surface area contributed by atoms with Crippen LogP contribution >= 0.6 is 0 Å². The highest BCUT2D eigenvalue weighted by Gasteiger charge is 1.70. The molecule has 0 saturated heterocycles. The van der Waals surface area contributed by atoms with Crippen molar-refractivity contribution in [2.75, 3.05) is 0 Å². The Labute approximate surface area is 71.1 Å². The van der Waals surface area contributed by atoms with E-state index in [1.807, 2.05) is 13.0 Å². The predicted molar refractivity (Wildman–Crippen MR) is 52.9 cm³/mol. The molecule has 0 aliphatic heterocycles. The molecule has 58 valence electrons. The van der Waals surface area contributed by atoms with Gasteiger partial charge in [-0.3, -0.25) is 0 Å². The van der Waals surface area contributed by atoms with Crippen LogP contribution in [0.1, 0.15) is 19.8 Å². The van der Waals surface area contributed by atoms with Gasteiger partial charge in [0.25, 0.3) is 0 Å². The van der Waals surface area contributed by atoms with E-state index in [0.717, 1.165) is 12.8 Å². The zero-order valence-electron chi connectivity index (χ0n) is 7.16. The summed E-state index contributed by atoms with van der Waals surface area (Å²) in [6, 6.07) is 0. The molecule has 1 heteroatoms. The topological polar surface area (TPSA) is 0 Å². The second-order valence-electron chi connectivity index (χ2n) is 2.22. The van der Waals surface area contributed by atoms with Crippen LogP contribution in [0.25, 0.3) is 0 Å². The number of hydrogen-bond acceptors (Lipinski definition) is 0. The Bertz CT molecular complexity index is 143. The minimum absolute atomic E-state index is 0.642. The summed E-state index contributed by atoms with van der Waals surface area (Å²) in [5.74, 6) is 0. The molecule has 2 radical (unpaired) electrons. The van der Waals surface area contributed by atoms with Gasteiger partial charge in [0.1, 0.15) is 0 Å². The van der Waals surface area contributed by atoms with E-state index in [4.69, 9.17) is 7.85 Å². The summed E-state index contributed by atoms with van der Waals surface area (Å²) in [6.07, 6.45) is 15.2. The van der Waals surface area contributed by atoms with Crippen molar-refractivity contribution in [1.82, 2.24) is 0 Å². The summed E-state index contributed by atoms with van der Waals surface area (Å²) in [7, 11) is 5.27. The van der Waals surface area contributed by atoms with Gasteiger partial charge in [-0.05, 0) is 19.8 Å². The lowest BCUT2D eigenvalue weighted by Gasteiger charge is -1.81. The molecule has 0 amide bonds. The minimum Gasteiger partial charge on any atom is -0.0968 e. The fourth-order valence-corrected chi connectivity index (χ4v) is 0.678. The highest BCUT2D eigenvalue weighted by molar-refractivity contribution is 6.09. The SMILES string of the molecule is [B]C/C=C\C/C=C\C/C=C\C. The van der Waals surface area contributed by atoms with Crippen LogP contribution in [0, 0.1) is 0 Å². The zero-order valence-corrected chi connectivity index (χ0v) is 7.16. The molecule has 11 heavy (non-hydrogen) atoms. The Balaban J connectivity index is 3.23. The maximum atomic E-state index is 5.27. The van der Waals surface area contributed by atoms with Gasteiger partial charge in [-0.2, -0.15) is 0 Å². The van der Waals surface area contributed by atoms with Crippen LogP contribution in [-0.4, -0.2) is 7.85 Å². The molecule has 0 saturated carbocycles. The number of rotatable bonds is 5. The minimum atomic E-state index is 0.642. The predicted octanol–water partition coefficient (Wildman–Crippen LogP) is 3.04. The first-order valence-electron chi connectivity index (χ1n) is 4.03. The fourth-order valence-electron chi connectivity index (χ4n) is 0.678. The molecule has 0 fully saturated rings. The average Bonchev–Trinajstić information content (AvgIpc) is 2.03. The van der Waals surface area contributed by atoms with Crippen molar-refractivity contribution in [2.24, 2.45) is 0 Å². The van der Waals surface area contributed by atoms with Crippen LogP contribution < -0.4 is 0 Å². The molecule has 0 atom stereocenters. The van der Waals surface area contributed by atoms with E-state index in [1.54, 1.807) is 0 Å². The van der Waals surface area contributed by atoms with E-state index < -0.39 is 0 Å². The lowest BCUT2D eigenvalue weighted by atomic mass is 10.1. The first-order valence-corrected chi connectivity index (χ1v) is 4.03. The first kappa shape index (κ1) is 10.3. The quantitative estimate of drug-likeness (QED) is 0.413. The Hall–Kier alpha value is -0.715. The summed E-state index contributed by atoms with van der Waals surface area (Å²) < 4.78 is 0. The third kappa shape index (κ3) is 9.28. The largest absolute Gasteiger partial charge is 0.0968 e. The second kappa shape index (κ2) is 9.28. The molecule has 0 heterocycles. The zero-order chi connectivity index (χ0) is 8.36. The number of allylic oxidation sites excluding steroid dienone is 6. The van der Waals surface area contributed by atoms with Gasteiger partial charge in [0, 0.05) is 0 Å². The molecule has 0 bridgehead atoms. The van der Waals surface area contributed by atoms with Gasteiger partial charge < -0.3 is 0 Å². The van der Waals surface area contributed by atoms with E-state index in [9.17, 15) is 0 Å². The van der Waals surface area contributed by atoms with Crippen LogP contribution in [0.5, 0.6) is 0 Å². The van der Waals surface area contributed by atoms with E-state index in [2.05, 4.69) is 30.4 Å². The van der Waals surface area contributed by atoms with Gasteiger partial charge in [0.2, 0.25) is 0 Å². The summed E-state index contributed by atoms with van der Waals surface area (Å²) in [5, 5.41) is 0. The van der Waals surface area contributed by atoms with Gasteiger partial charge in [-0.25, -0.2) is 0 Å². The molecule has 0 N–H and O–H groups in total. The average molecular weight is 146 g/mol. The van der Waals surface area contributed by atoms with Gasteiger partial charge in [-0.1, -0.05) is 42.8 Å². The molecular weight excluding hydrogens is 131 g/mol. The third-order valence-electron chi connectivity index (χ3n) is 1.25. The molecule has 0 aromatic heterocycles. The van der Waals surface area contributed by atoms with Crippen molar-refractivity contribution in [1.29, 1.82) is 0 Å². The first-order chi connectivity index (χ1) is 5.41. The highest BCUT2D eigenvalue weighted by atomic mass is 13.8. The van der Waals surface area contributed by atoms with Crippen molar-refractivity contribution < 1.29 is 0 Å². The molecule has 0 aromatic carbocycles. The van der Waals surface area contributed by atoms with E-state index in [-0.39, 0.29) is 0 Å². The Morgan fingerprint density at radius 1 is 0.909 bits per heavy atom. The van der Waals surface area contributed by atoms with Crippen molar-refractivity contribution in [2.45, 2.75) is 26.1 Å².